The van der Waals surface area contributed by atoms with Gasteiger partial charge in [-0.05, 0) is 24.5 Å². The lowest BCUT2D eigenvalue weighted by Crippen LogP contribution is -2.31. The van der Waals surface area contributed by atoms with Gasteiger partial charge in [-0.3, -0.25) is 4.79 Å². The van der Waals surface area contributed by atoms with Crippen molar-refractivity contribution < 1.29 is 24.2 Å². The van der Waals surface area contributed by atoms with Crippen molar-refractivity contribution >= 4 is 11.9 Å². The average molecular weight is 278 g/mol. The van der Waals surface area contributed by atoms with E-state index in [0.717, 1.165) is 5.57 Å². The predicted octanol–water partition coefficient (Wildman–Crippen LogP) is 1.12. The summed E-state index contributed by atoms with van der Waals surface area (Å²) in [5.41, 5.74) is 1.52. The van der Waals surface area contributed by atoms with Crippen LogP contribution in [-0.4, -0.2) is 35.9 Å². The Hall–Kier alpha value is -1.62. The lowest BCUT2D eigenvalue weighted by Gasteiger charge is -2.23. The number of hydrogen-bond acceptors (Lipinski definition) is 5. The molecule has 2 aliphatic heterocycles. The molecule has 108 valence electrons. The molecule has 0 spiro atoms. The lowest BCUT2D eigenvalue weighted by atomic mass is 9.83. The zero-order chi connectivity index (χ0) is 14.3. The van der Waals surface area contributed by atoms with Gasteiger partial charge in [0.05, 0.1) is 18.4 Å². The Morgan fingerprint density at radius 3 is 2.90 bits per heavy atom. The third kappa shape index (κ3) is 2.16. The van der Waals surface area contributed by atoms with Crippen LogP contribution in [0.5, 0.6) is 0 Å². The van der Waals surface area contributed by atoms with Gasteiger partial charge < -0.3 is 14.6 Å². The summed E-state index contributed by atoms with van der Waals surface area (Å²) in [6.45, 7) is 1.75. The first-order valence-corrected chi connectivity index (χ1v) is 7.01. The molecule has 2 heterocycles. The summed E-state index contributed by atoms with van der Waals surface area (Å²) >= 11 is 0. The van der Waals surface area contributed by atoms with Gasteiger partial charge in [0, 0.05) is 12.0 Å². The number of carbonyl (C=O) groups is 2. The van der Waals surface area contributed by atoms with Crippen LogP contribution in [-0.2, 0) is 19.1 Å². The number of esters is 2. The van der Waals surface area contributed by atoms with Crippen molar-refractivity contribution in [1.82, 2.24) is 0 Å². The van der Waals surface area contributed by atoms with Gasteiger partial charge in [-0.2, -0.15) is 0 Å². The maximum atomic E-state index is 11.8. The quantitative estimate of drug-likeness (QED) is 0.575. The summed E-state index contributed by atoms with van der Waals surface area (Å²) < 4.78 is 10.8. The molecule has 1 N–H and O–H groups in total. The molecule has 2 fully saturated rings. The van der Waals surface area contributed by atoms with Gasteiger partial charge >= 0.3 is 11.9 Å². The van der Waals surface area contributed by atoms with Crippen LogP contribution in [0.1, 0.15) is 26.2 Å². The Balaban J connectivity index is 1.98. The molecule has 5 heteroatoms. The Labute approximate surface area is 117 Å². The second-order valence-corrected chi connectivity index (χ2v) is 5.67. The maximum Gasteiger partial charge on any atom is 0.334 e. The van der Waals surface area contributed by atoms with Crippen molar-refractivity contribution in [3.05, 3.63) is 23.3 Å². The van der Waals surface area contributed by atoms with E-state index in [9.17, 15) is 14.7 Å². The molecule has 5 nitrogen and oxygen atoms in total. The maximum absolute atomic E-state index is 11.8. The molecule has 0 aromatic rings. The zero-order valence-electron chi connectivity index (χ0n) is 11.4. The summed E-state index contributed by atoms with van der Waals surface area (Å²) in [5.74, 6) is -1.02. The van der Waals surface area contributed by atoms with Crippen LogP contribution in [0.15, 0.2) is 23.3 Å². The fraction of sp³-hybridized carbons (Fsp3) is 0.600. The number of aliphatic hydroxyl groups excluding tert-OH is 1. The van der Waals surface area contributed by atoms with Crippen LogP contribution in [0.4, 0.5) is 0 Å². The first-order chi connectivity index (χ1) is 9.60. The molecule has 3 rings (SSSR count). The van der Waals surface area contributed by atoms with Crippen LogP contribution >= 0.6 is 0 Å². The van der Waals surface area contributed by atoms with Gasteiger partial charge in [0.15, 0.2) is 0 Å². The van der Waals surface area contributed by atoms with Crippen molar-refractivity contribution in [2.45, 2.75) is 38.4 Å². The van der Waals surface area contributed by atoms with E-state index < -0.39 is 6.10 Å². The van der Waals surface area contributed by atoms with Gasteiger partial charge in [0.25, 0.3) is 0 Å². The molecule has 0 radical (unpaired) electrons. The number of allylic oxidation sites excluding steroid dienone is 1. The number of fused-ring (bicyclic) bond motifs is 4. The SMILES string of the molecule is C[C@@H]1C(=O)O[C@@H]2/C=C(\CO)CCC=C3C[C@H](OC3=O)[C@@H]12. The van der Waals surface area contributed by atoms with E-state index in [1.165, 1.54) is 0 Å². The van der Waals surface area contributed by atoms with E-state index in [4.69, 9.17) is 9.47 Å². The smallest absolute Gasteiger partial charge is 0.334 e. The molecular formula is C15H18O5. The lowest BCUT2D eigenvalue weighted by molar-refractivity contribution is -0.143. The number of carbonyl (C=O) groups excluding carboxylic acids is 2. The van der Waals surface area contributed by atoms with E-state index in [-0.39, 0.29) is 36.5 Å². The second-order valence-electron chi connectivity index (χ2n) is 5.67. The molecule has 0 aromatic carbocycles. The highest BCUT2D eigenvalue weighted by atomic mass is 16.6. The summed E-state index contributed by atoms with van der Waals surface area (Å²) in [5, 5.41) is 9.39. The summed E-state index contributed by atoms with van der Waals surface area (Å²) in [6.07, 6.45) is 4.89. The molecular weight excluding hydrogens is 260 g/mol. The summed E-state index contributed by atoms with van der Waals surface area (Å²) in [7, 11) is 0. The summed E-state index contributed by atoms with van der Waals surface area (Å²) in [4.78, 5) is 23.7. The molecule has 0 unspecified atom stereocenters. The molecule has 2 bridgehead atoms. The minimum Gasteiger partial charge on any atom is -0.458 e. The first kappa shape index (κ1) is 13.4. The fourth-order valence-electron chi connectivity index (χ4n) is 3.26. The normalized spacial score (nSPS) is 39.3. The largest absolute Gasteiger partial charge is 0.458 e. The van der Waals surface area contributed by atoms with E-state index in [1.54, 1.807) is 6.92 Å². The van der Waals surface area contributed by atoms with Gasteiger partial charge in [0.1, 0.15) is 12.2 Å². The van der Waals surface area contributed by atoms with Crippen molar-refractivity contribution in [2.24, 2.45) is 11.8 Å². The third-order valence-electron chi connectivity index (χ3n) is 4.41. The second kappa shape index (κ2) is 5.05. The van der Waals surface area contributed by atoms with Crippen molar-refractivity contribution in [2.75, 3.05) is 6.61 Å². The van der Waals surface area contributed by atoms with Gasteiger partial charge in [0.2, 0.25) is 0 Å². The Morgan fingerprint density at radius 1 is 1.35 bits per heavy atom. The molecule has 0 saturated carbocycles. The van der Waals surface area contributed by atoms with E-state index in [2.05, 4.69) is 0 Å². The van der Waals surface area contributed by atoms with Crippen molar-refractivity contribution in [3.8, 4) is 0 Å². The topological polar surface area (TPSA) is 72.8 Å². The van der Waals surface area contributed by atoms with Crippen LogP contribution in [0.3, 0.4) is 0 Å². The number of aliphatic hydroxyl groups is 1. The zero-order valence-corrected chi connectivity index (χ0v) is 11.4. The Morgan fingerprint density at radius 2 is 2.15 bits per heavy atom. The van der Waals surface area contributed by atoms with Crippen LogP contribution in [0.2, 0.25) is 0 Å². The summed E-state index contributed by atoms with van der Waals surface area (Å²) in [6, 6.07) is 0. The molecule has 0 amide bonds. The molecule has 4 atom stereocenters. The fourth-order valence-corrected chi connectivity index (χ4v) is 3.26. The minimum absolute atomic E-state index is 0.0577. The van der Waals surface area contributed by atoms with Crippen molar-refractivity contribution in [3.63, 3.8) is 0 Å². The average Bonchev–Trinajstić information content (AvgIpc) is 2.90. The first-order valence-electron chi connectivity index (χ1n) is 7.01. The third-order valence-corrected chi connectivity index (χ3v) is 4.41. The molecule has 0 aromatic heterocycles. The van der Waals surface area contributed by atoms with Crippen LogP contribution in [0, 0.1) is 11.8 Å². The predicted molar refractivity (Wildman–Crippen MR) is 69.5 cm³/mol. The standard InChI is InChI=1S/C15H18O5/c1-8-13-11(19-14(8)17)5-9(7-16)3-2-4-10-6-12(13)20-15(10)18/h4-5,8,11-13,16H,2-3,6-7H2,1H3/b9-5-,10-4?/t8-,11+,12-,13-/m0/s1. The highest BCUT2D eigenvalue weighted by Gasteiger charge is 2.49. The number of ether oxygens (including phenoxy) is 2. The van der Waals surface area contributed by atoms with Gasteiger partial charge in [-0.15, -0.1) is 0 Å². The molecule has 2 saturated heterocycles. The van der Waals surface area contributed by atoms with Gasteiger partial charge in [-0.1, -0.05) is 13.0 Å². The van der Waals surface area contributed by atoms with Crippen LogP contribution < -0.4 is 0 Å². The van der Waals surface area contributed by atoms with Gasteiger partial charge in [-0.25, -0.2) is 4.79 Å². The van der Waals surface area contributed by atoms with E-state index in [1.807, 2.05) is 12.2 Å². The van der Waals surface area contributed by atoms with E-state index in [0.29, 0.717) is 24.8 Å². The Kier molecular flexibility index (Phi) is 3.38. The number of rotatable bonds is 1. The highest BCUT2D eigenvalue weighted by Crippen LogP contribution is 2.39. The Bertz CT molecular complexity index is 504. The molecule has 3 aliphatic rings. The van der Waals surface area contributed by atoms with E-state index >= 15 is 0 Å². The molecule has 20 heavy (non-hydrogen) atoms. The van der Waals surface area contributed by atoms with Crippen LogP contribution in [0.25, 0.3) is 0 Å². The molecule has 1 aliphatic carbocycles. The minimum atomic E-state index is -0.408. The monoisotopic (exact) mass is 278 g/mol. The van der Waals surface area contributed by atoms with Crippen molar-refractivity contribution in [1.29, 1.82) is 0 Å². The number of hydrogen-bond donors (Lipinski definition) is 1. The highest BCUT2D eigenvalue weighted by molar-refractivity contribution is 5.91.